The molecule has 2 unspecified atom stereocenters. The number of rotatable bonds is 5. The highest BCUT2D eigenvalue weighted by atomic mass is 19.1. The minimum Gasteiger partial charge on any atom is -0.391 e. The fourth-order valence-corrected chi connectivity index (χ4v) is 5.26. The van der Waals surface area contributed by atoms with Crippen LogP contribution in [0.2, 0.25) is 0 Å². The summed E-state index contributed by atoms with van der Waals surface area (Å²) in [6, 6.07) is 10.6. The SMILES string of the molecule is O=C1NCc2nc(-c3c(F)cccc3F)nc(Nc3ccc(CC(=O)N4CCCC45CC5O)cc3)c21. The van der Waals surface area contributed by atoms with Gasteiger partial charge in [0.2, 0.25) is 5.91 Å². The van der Waals surface area contributed by atoms with Gasteiger partial charge in [0.1, 0.15) is 23.0 Å². The molecule has 1 aliphatic carbocycles. The lowest BCUT2D eigenvalue weighted by Crippen LogP contribution is -2.40. The molecule has 1 saturated carbocycles. The third-order valence-electron chi connectivity index (χ3n) is 7.22. The zero-order valence-electron chi connectivity index (χ0n) is 19.2. The van der Waals surface area contributed by atoms with Crippen molar-refractivity contribution in [2.75, 3.05) is 11.9 Å². The highest BCUT2D eigenvalue weighted by molar-refractivity contribution is 6.03. The van der Waals surface area contributed by atoms with E-state index in [0.29, 0.717) is 24.3 Å². The minimum atomic E-state index is -0.800. The predicted octanol–water partition coefficient (Wildman–Crippen LogP) is 3.08. The van der Waals surface area contributed by atoms with Crippen LogP contribution in [-0.4, -0.2) is 50.0 Å². The number of nitrogens with zero attached hydrogens (tertiary/aromatic N) is 3. The lowest BCUT2D eigenvalue weighted by molar-refractivity contribution is -0.132. The van der Waals surface area contributed by atoms with Gasteiger partial charge in [-0.3, -0.25) is 9.59 Å². The fourth-order valence-electron chi connectivity index (χ4n) is 5.26. The van der Waals surface area contributed by atoms with Crippen LogP contribution in [0.4, 0.5) is 20.3 Å². The van der Waals surface area contributed by atoms with Crippen LogP contribution in [0.1, 0.15) is 40.9 Å². The Bertz CT molecular complexity index is 1380. The topological polar surface area (TPSA) is 107 Å². The van der Waals surface area contributed by atoms with Gasteiger partial charge in [-0.15, -0.1) is 0 Å². The van der Waals surface area contributed by atoms with E-state index >= 15 is 0 Å². The Labute approximate surface area is 205 Å². The number of aliphatic hydroxyl groups excluding tert-OH is 1. The molecule has 184 valence electrons. The van der Waals surface area contributed by atoms with Crippen molar-refractivity contribution in [3.05, 3.63) is 70.9 Å². The molecule has 10 heteroatoms. The van der Waals surface area contributed by atoms with Crippen LogP contribution in [0.25, 0.3) is 11.4 Å². The normalized spacial score (nSPS) is 22.0. The summed E-state index contributed by atoms with van der Waals surface area (Å²) in [5.41, 5.74) is 1.24. The van der Waals surface area contributed by atoms with Gasteiger partial charge in [-0.2, -0.15) is 0 Å². The first-order valence-electron chi connectivity index (χ1n) is 11.8. The first kappa shape index (κ1) is 22.5. The van der Waals surface area contributed by atoms with Gasteiger partial charge in [0.15, 0.2) is 5.82 Å². The molecule has 3 heterocycles. The van der Waals surface area contributed by atoms with Crippen molar-refractivity contribution in [1.29, 1.82) is 0 Å². The molecule has 3 aromatic rings. The van der Waals surface area contributed by atoms with Crippen LogP contribution < -0.4 is 10.6 Å². The molecule has 6 rings (SSSR count). The lowest BCUT2D eigenvalue weighted by atomic mass is 10.1. The van der Waals surface area contributed by atoms with E-state index in [1.54, 1.807) is 24.3 Å². The molecule has 1 aromatic heterocycles. The van der Waals surface area contributed by atoms with Crippen molar-refractivity contribution in [3.63, 3.8) is 0 Å². The molecule has 8 nitrogen and oxygen atoms in total. The summed E-state index contributed by atoms with van der Waals surface area (Å²) in [6.45, 7) is 0.795. The third-order valence-corrected chi connectivity index (χ3v) is 7.22. The van der Waals surface area contributed by atoms with E-state index in [2.05, 4.69) is 20.6 Å². The second-order valence-corrected chi connectivity index (χ2v) is 9.47. The van der Waals surface area contributed by atoms with Gasteiger partial charge >= 0.3 is 0 Å². The molecule has 3 N–H and O–H groups in total. The molecule has 2 aliphatic heterocycles. The van der Waals surface area contributed by atoms with E-state index in [-0.39, 0.29) is 53.1 Å². The number of likely N-dealkylation sites (tertiary alicyclic amines) is 1. The van der Waals surface area contributed by atoms with Crippen molar-refractivity contribution in [3.8, 4) is 11.4 Å². The van der Waals surface area contributed by atoms with Crippen LogP contribution in [0.15, 0.2) is 42.5 Å². The van der Waals surface area contributed by atoms with Crippen LogP contribution in [0.3, 0.4) is 0 Å². The number of fused-ring (bicyclic) bond motifs is 1. The fraction of sp³-hybridized carbons (Fsp3) is 0.308. The second-order valence-electron chi connectivity index (χ2n) is 9.47. The Kier molecular flexibility index (Phi) is 5.22. The number of halogens is 2. The molecule has 36 heavy (non-hydrogen) atoms. The highest BCUT2D eigenvalue weighted by Crippen LogP contribution is 2.49. The number of aromatic nitrogens is 2. The lowest BCUT2D eigenvalue weighted by Gasteiger charge is -2.24. The summed E-state index contributed by atoms with van der Waals surface area (Å²) in [5, 5.41) is 15.7. The summed E-state index contributed by atoms with van der Waals surface area (Å²) in [4.78, 5) is 35.6. The number of benzene rings is 2. The van der Waals surface area contributed by atoms with Crippen LogP contribution >= 0.6 is 0 Å². The first-order valence-corrected chi connectivity index (χ1v) is 11.8. The zero-order valence-corrected chi connectivity index (χ0v) is 19.2. The van der Waals surface area contributed by atoms with Crippen molar-refractivity contribution < 1.29 is 23.5 Å². The van der Waals surface area contributed by atoms with Crippen molar-refractivity contribution >= 4 is 23.3 Å². The van der Waals surface area contributed by atoms with Crippen LogP contribution in [0.5, 0.6) is 0 Å². The maximum Gasteiger partial charge on any atom is 0.257 e. The van der Waals surface area contributed by atoms with Crippen molar-refractivity contribution in [1.82, 2.24) is 20.2 Å². The number of nitrogens with one attached hydrogen (secondary N) is 2. The van der Waals surface area contributed by atoms with E-state index in [1.165, 1.54) is 6.07 Å². The number of anilines is 2. The molecule has 2 amide bonds. The number of carbonyl (C=O) groups excluding carboxylic acids is 2. The Morgan fingerprint density at radius 1 is 1.14 bits per heavy atom. The average molecular weight is 491 g/mol. The van der Waals surface area contributed by atoms with E-state index in [4.69, 9.17) is 0 Å². The molecular formula is C26H23F2N5O3. The largest absolute Gasteiger partial charge is 0.391 e. The molecule has 0 radical (unpaired) electrons. The van der Waals surface area contributed by atoms with E-state index in [1.807, 2.05) is 4.90 Å². The van der Waals surface area contributed by atoms with Gasteiger partial charge in [-0.25, -0.2) is 18.7 Å². The Morgan fingerprint density at radius 2 is 1.86 bits per heavy atom. The summed E-state index contributed by atoms with van der Waals surface area (Å²) < 4.78 is 28.8. The molecule has 1 saturated heterocycles. The van der Waals surface area contributed by atoms with Crippen LogP contribution in [-0.2, 0) is 17.8 Å². The molecule has 2 atom stereocenters. The van der Waals surface area contributed by atoms with Gasteiger partial charge < -0.3 is 20.6 Å². The van der Waals surface area contributed by atoms with Crippen molar-refractivity contribution in [2.45, 2.75) is 43.9 Å². The van der Waals surface area contributed by atoms with Gasteiger partial charge in [0.25, 0.3) is 5.91 Å². The van der Waals surface area contributed by atoms with E-state index in [0.717, 1.165) is 30.5 Å². The monoisotopic (exact) mass is 491 g/mol. The molecular weight excluding hydrogens is 468 g/mol. The summed E-state index contributed by atoms with van der Waals surface area (Å²) in [6.07, 6.45) is 2.19. The quantitative estimate of drug-likeness (QED) is 0.507. The molecule has 1 spiro atoms. The van der Waals surface area contributed by atoms with E-state index < -0.39 is 17.7 Å². The Balaban J connectivity index is 1.25. The first-order chi connectivity index (χ1) is 17.4. The van der Waals surface area contributed by atoms with Crippen LogP contribution in [0, 0.1) is 11.6 Å². The predicted molar refractivity (Wildman–Crippen MR) is 126 cm³/mol. The summed E-state index contributed by atoms with van der Waals surface area (Å²) >= 11 is 0. The number of hydrogen-bond donors (Lipinski definition) is 3. The number of hydrogen-bond acceptors (Lipinski definition) is 6. The maximum absolute atomic E-state index is 14.4. The molecule has 0 bridgehead atoms. The summed E-state index contributed by atoms with van der Waals surface area (Å²) in [7, 11) is 0. The number of carbonyl (C=O) groups is 2. The maximum atomic E-state index is 14.4. The van der Waals surface area contributed by atoms with Gasteiger partial charge in [-0.1, -0.05) is 18.2 Å². The molecule has 3 aliphatic rings. The minimum absolute atomic E-state index is 0.00777. The number of aliphatic hydroxyl groups is 1. The Hall–Kier alpha value is -3.92. The second kappa shape index (κ2) is 8.34. The average Bonchev–Trinajstić information content (AvgIpc) is 3.15. The zero-order chi connectivity index (χ0) is 25.0. The van der Waals surface area contributed by atoms with Crippen molar-refractivity contribution in [2.24, 2.45) is 0 Å². The Morgan fingerprint density at radius 3 is 2.56 bits per heavy atom. The standard InChI is InChI=1S/C26H23F2N5O3/c27-16-3-1-4-17(28)21(16)23-31-18-13-29-25(36)22(18)24(32-23)30-15-7-5-14(6-8-15)11-20(35)33-10-2-9-26(33)12-19(26)34/h1,3-8,19,34H,2,9-13H2,(H,29,36)(H,30,31,32). The molecule has 2 fully saturated rings. The third kappa shape index (κ3) is 3.69. The van der Waals surface area contributed by atoms with Gasteiger partial charge in [0, 0.05) is 18.7 Å². The van der Waals surface area contributed by atoms with Gasteiger partial charge in [0.05, 0.1) is 35.9 Å². The van der Waals surface area contributed by atoms with Gasteiger partial charge in [-0.05, 0) is 42.7 Å². The molecule has 2 aromatic carbocycles. The van der Waals surface area contributed by atoms with E-state index in [9.17, 15) is 23.5 Å². The summed E-state index contributed by atoms with van der Waals surface area (Å²) in [5.74, 6) is -2.01. The highest BCUT2D eigenvalue weighted by Gasteiger charge is 2.61. The smallest absolute Gasteiger partial charge is 0.257 e. The number of amides is 2.